The van der Waals surface area contributed by atoms with Crippen molar-refractivity contribution in [3.05, 3.63) is 35.4 Å². The topological polar surface area (TPSA) is 0 Å². The van der Waals surface area contributed by atoms with Crippen LogP contribution < -0.4 is 0 Å². The molecule has 0 saturated carbocycles. The van der Waals surface area contributed by atoms with Crippen LogP contribution in [0, 0.1) is 6.92 Å². The summed E-state index contributed by atoms with van der Waals surface area (Å²) in [4.78, 5) is 0. The van der Waals surface area contributed by atoms with Crippen LogP contribution in [0.25, 0.3) is 0 Å². The molecule has 1 aromatic rings. The van der Waals surface area contributed by atoms with Crippen molar-refractivity contribution in [1.82, 2.24) is 0 Å². The van der Waals surface area contributed by atoms with Crippen molar-refractivity contribution >= 4 is 11.8 Å². The lowest BCUT2D eigenvalue weighted by molar-refractivity contribution is 1.03. The molecular formula is C12H18S. The van der Waals surface area contributed by atoms with Gasteiger partial charge in [-0.2, -0.15) is 11.8 Å². The predicted molar refractivity (Wildman–Crippen MR) is 62.3 cm³/mol. The Morgan fingerprint density at radius 3 is 2.23 bits per heavy atom. The van der Waals surface area contributed by atoms with Gasteiger partial charge in [-0.3, -0.25) is 0 Å². The number of hydrogen-bond donors (Lipinski definition) is 0. The zero-order chi connectivity index (χ0) is 9.84. The molecule has 0 bridgehead atoms. The van der Waals surface area contributed by atoms with E-state index in [1.165, 1.54) is 11.1 Å². The molecule has 0 N–H and O–H groups in total. The van der Waals surface area contributed by atoms with Crippen LogP contribution in [0.5, 0.6) is 0 Å². The van der Waals surface area contributed by atoms with E-state index in [4.69, 9.17) is 0 Å². The molecule has 1 atom stereocenters. The largest absolute Gasteiger partial charge is 0.151 e. The van der Waals surface area contributed by atoms with Gasteiger partial charge in [0.1, 0.15) is 0 Å². The Kier molecular flexibility index (Phi) is 3.86. The van der Waals surface area contributed by atoms with Crippen LogP contribution in [0.4, 0.5) is 0 Å². The number of aryl methyl sites for hydroxylation is 1. The zero-order valence-corrected chi connectivity index (χ0v) is 9.69. The highest BCUT2D eigenvalue weighted by Crippen LogP contribution is 2.32. The monoisotopic (exact) mass is 194 g/mol. The SMILES string of the molecule is Cc1ccccc1C(C)SC(C)C. The lowest BCUT2D eigenvalue weighted by Crippen LogP contribution is -1.96. The minimum atomic E-state index is 0.612. The fraction of sp³-hybridized carbons (Fsp3) is 0.500. The van der Waals surface area contributed by atoms with E-state index < -0.39 is 0 Å². The number of rotatable bonds is 3. The van der Waals surface area contributed by atoms with Crippen molar-refractivity contribution in [3.63, 3.8) is 0 Å². The van der Waals surface area contributed by atoms with Gasteiger partial charge < -0.3 is 0 Å². The summed E-state index contributed by atoms with van der Waals surface area (Å²) in [6.07, 6.45) is 0. The van der Waals surface area contributed by atoms with Crippen molar-refractivity contribution in [2.75, 3.05) is 0 Å². The number of hydrogen-bond acceptors (Lipinski definition) is 1. The molecule has 0 saturated heterocycles. The van der Waals surface area contributed by atoms with E-state index in [9.17, 15) is 0 Å². The molecule has 0 radical (unpaired) electrons. The molecule has 72 valence electrons. The second kappa shape index (κ2) is 4.71. The quantitative estimate of drug-likeness (QED) is 0.695. The number of benzene rings is 1. The first-order valence-corrected chi connectivity index (χ1v) is 5.76. The van der Waals surface area contributed by atoms with Crippen molar-refractivity contribution in [2.24, 2.45) is 0 Å². The van der Waals surface area contributed by atoms with Gasteiger partial charge in [-0.1, -0.05) is 38.1 Å². The molecule has 0 fully saturated rings. The van der Waals surface area contributed by atoms with E-state index in [-0.39, 0.29) is 0 Å². The fourth-order valence-corrected chi connectivity index (χ4v) is 2.75. The van der Waals surface area contributed by atoms with Crippen LogP contribution >= 0.6 is 11.8 Å². The molecule has 13 heavy (non-hydrogen) atoms. The van der Waals surface area contributed by atoms with Gasteiger partial charge in [-0.05, 0) is 30.2 Å². The zero-order valence-electron chi connectivity index (χ0n) is 8.87. The fourth-order valence-electron chi connectivity index (χ4n) is 1.52. The summed E-state index contributed by atoms with van der Waals surface area (Å²) in [5, 5.41) is 1.32. The van der Waals surface area contributed by atoms with E-state index >= 15 is 0 Å². The van der Waals surface area contributed by atoms with Gasteiger partial charge in [0.25, 0.3) is 0 Å². The lowest BCUT2D eigenvalue weighted by atomic mass is 10.1. The first kappa shape index (κ1) is 10.6. The molecule has 0 aliphatic rings. The maximum Gasteiger partial charge on any atom is 0.0274 e. The third-order valence-corrected chi connectivity index (χ3v) is 3.31. The first-order valence-electron chi connectivity index (χ1n) is 4.82. The summed E-state index contributed by atoms with van der Waals surface area (Å²) >= 11 is 2.02. The molecule has 1 unspecified atom stereocenters. The first-order chi connectivity index (χ1) is 6.11. The summed E-state index contributed by atoms with van der Waals surface area (Å²) in [5.74, 6) is 0. The molecule has 1 rings (SSSR count). The van der Waals surface area contributed by atoms with Gasteiger partial charge in [-0.15, -0.1) is 0 Å². The van der Waals surface area contributed by atoms with Crippen LogP contribution in [-0.2, 0) is 0 Å². The molecule has 0 aromatic heterocycles. The number of thioether (sulfide) groups is 1. The molecule has 1 aromatic carbocycles. The lowest BCUT2D eigenvalue weighted by Gasteiger charge is -2.16. The normalized spacial score (nSPS) is 13.3. The molecule has 0 amide bonds. The van der Waals surface area contributed by atoms with Crippen molar-refractivity contribution in [2.45, 2.75) is 38.2 Å². The smallest absolute Gasteiger partial charge is 0.0274 e. The minimum Gasteiger partial charge on any atom is -0.151 e. The van der Waals surface area contributed by atoms with Gasteiger partial charge in [0.15, 0.2) is 0 Å². The van der Waals surface area contributed by atoms with Crippen LogP contribution in [0.3, 0.4) is 0 Å². The average molecular weight is 194 g/mol. The molecule has 1 heteroatoms. The van der Waals surface area contributed by atoms with Crippen LogP contribution in [-0.4, -0.2) is 5.25 Å². The Morgan fingerprint density at radius 2 is 1.69 bits per heavy atom. The van der Waals surface area contributed by atoms with E-state index in [0.717, 1.165) is 0 Å². The molecule has 0 heterocycles. The van der Waals surface area contributed by atoms with Gasteiger partial charge in [0.2, 0.25) is 0 Å². The Labute approximate surface area is 85.7 Å². The second-order valence-electron chi connectivity index (χ2n) is 3.68. The van der Waals surface area contributed by atoms with E-state index in [1.54, 1.807) is 0 Å². The third-order valence-electron chi connectivity index (χ3n) is 2.10. The molecule has 0 aliphatic carbocycles. The highest BCUT2D eigenvalue weighted by molar-refractivity contribution is 8.00. The maximum atomic E-state index is 2.28. The minimum absolute atomic E-state index is 0.612. The van der Waals surface area contributed by atoms with E-state index in [2.05, 4.69) is 52.0 Å². The van der Waals surface area contributed by atoms with Gasteiger partial charge in [0, 0.05) is 5.25 Å². The van der Waals surface area contributed by atoms with Crippen molar-refractivity contribution in [3.8, 4) is 0 Å². The van der Waals surface area contributed by atoms with Crippen LogP contribution in [0.2, 0.25) is 0 Å². The maximum absolute atomic E-state index is 2.28. The van der Waals surface area contributed by atoms with E-state index in [1.807, 2.05) is 11.8 Å². The standard InChI is InChI=1S/C12H18S/c1-9(2)13-11(4)12-8-6-5-7-10(12)3/h5-9,11H,1-4H3. The summed E-state index contributed by atoms with van der Waals surface area (Å²) in [6.45, 7) is 8.97. The predicted octanol–water partition coefficient (Wildman–Crippen LogP) is 4.20. The Morgan fingerprint density at radius 1 is 1.08 bits per heavy atom. The molecular weight excluding hydrogens is 176 g/mol. The van der Waals surface area contributed by atoms with Gasteiger partial charge >= 0.3 is 0 Å². The summed E-state index contributed by atoms with van der Waals surface area (Å²) in [7, 11) is 0. The highest BCUT2D eigenvalue weighted by atomic mass is 32.2. The van der Waals surface area contributed by atoms with Crippen molar-refractivity contribution in [1.29, 1.82) is 0 Å². The summed E-state index contributed by atoms with van der Waals surface area (Å²) < 4.78 is 0. The third kappa shape index (κ3) is 3.07. The van der Waals surface area contributed by atoms with E-state index in [0.29, 0.717) is 10.5 Å². The Bertz CT molecular complexity index is 266. The van der Waals surface area contributed by atoms with Crippen molar-refractivity contribution < 1.29 is 0 Å². The summed E-state index contributed by atoms with van der Waals surface area (Å²) in [6, 6.07) is 8.65. The Hall–Kier alpha value is -0.430. The molecule has 0 nitrogen and oxygen atoms in total. The van der Waals surface area contributed by atoms with Crippen LogP contribution in [0.1, 0.15) is 37.1 Å². The average Bonchev–Trinajstić information content (AvgIpc) is 2.03. The van der Waals surface area contributed by atoms with Gasteiger partial charge in [-0.25, -0.2) is 0 Å². The second-order valence-corrected chi connectivity index (χ2v) is 5.61. The van der Waals surface area contributed by atoms with Gasteiger partial charge in [0.05, 0.1) is 0 Å². The highest BCUT2D eigenvalue weighted by Gasteiger charge is 2.09. The molecule has 0 aliphatic heterocycles. The molecule has 0 spiro atoms. The van der Waals surface area contributed by atoms with Crippen LogP contribution in [0.15, 0.2) is 24.3 Å². The Balaban J connectivity index is 2.76. The summed E-state index contributed by atoms with van der Waals surface area (Å²) in [5.41, 5.74) is 2.88.